The van der Waals surface area contributed by atoms with Crippen LogP contribution in [0.4, 0.5) is 0 Å². The van der Waals surface area contributed by atoms with Gasteiger partial charge in [0.2, 0.25) is 11.8 Å². The molecule has 0 N–H and O–H groups in total. The predicted octanol–water partition coefficient (Wildman–Crippen LogP) is 6.29. The molecule has 1 aromatic heterocycles. The van der Waals surface area contributed by atoms with Gasteiger partial charge >= 0.3 is 0 Å². The van der Waals surface area contributed by atoms with Gasteiger partial charge in [-0.05, 0) is 59.6 Å². The van der Waals surface area contributed by atoms with Gasteiger partial charge in [-0.2, -0.15) is 0 Å². The molecule has 3 heteroatoms. The SMILES string of the molecule is CC(C)CCc1ccc(-c2nnc(-c3ccc(C(C)(C)C)cc3)o2)cc1. The molecule has 3 aromatic rings. The summed E-state index contributed by atoms with van der Waals surface area (Å²) in [6.45, 7) is 11.1. The van der Waals surface area contributed by atoms with Crippen LogP contribution in [0.5, 0.6) is 0 Å². The number of benzene rings is 2. The van der Waals surface area contributed by atoms with Crippen molar-refractivity contribution in [1.82, 2.24) is 10.2 Å². The van der Waals surface area contributed by atoms with Crippen LogP contribution in [0.15, 0.2) is 52.9 Å². The van der Waals surface area contributed by atoms with Crippen LogP contribution >= 0.6 is 0 Å². The summed E-state index contributed by atoms with van der Waals surface area (Å²) in [4.78, 5) is 0. The first-order valence-electron chi connectivity index (χ1n) is 9.36. The Bertz CT molecular complexity index is 837. The average molecular weight is 348 g/mol. The van der Waals surface area contributed by atoms with E-state index in [4.69, 9.17) is 4.42 Å². The smallest absolute Gasteiger partial charge is 0.248 e. The van der Waals surface area contributed by atoms with E-state index in [1.165, 1.54) is 17.5 Å². The summed E-state index contributed by atoms with van der Waals surface area (Å²) in [5, 5.41) is 8.44. The molecule has 0 fully saturated rings. The predicted molar refractivity (Wildman–Crippen MR) is 107 cm³/mol. The molecule has 0 amide bonds. The second-order valence-corrected chi connectivity index (χ2v) is 8.37. The highest BCUT2D eigenvalue weighted by atomic mass is 16.4. The number of aromatic nitrogens is 2. The molecule has 0 atom stereocenters. The van der Waals surface area contributed by atoms with Crippen LogP contribution in [0, 0.1) is 5.92 Å². The molecule has 3 nitrogen and oxygen atoms in total. The number of aryl methyl sites for hydroxylation is 1. The Hall–Kier alpha value is -2.42. The molecule has 136 valence electrons. The Labute approximate surface area is 156 Å². The van der Waals surface area contributed by atoms with Gasteiger partial charge in [-0.1, -0.05) is 58.9 Å². The van der Waals surface area contributed by atoms with E-state index in [1.807, 2.05) is 12.1 Å². The van der Waals surface area contributed by atoms with Crippen LogP contribution < -0.4 is 0 Å². The van der Waals surface area contributed by atoms with Crippen molar-refractivity contribution >= 4 is 0 Å². The van der Waals surface area contributed by atoms with Crippen LogP contribution in [0.3, 0.4) is 0 Å². The van der Waals surface area contributed by atoms with E-state index in [9.17, 15) is 0 Å². The summed E-state index contributed by atoms with van der Waals surface area (Å²) in [6.07, 6.45) is 2.31. The Morgan fingerprint density at radius 2 is 1.31 bits per heavy atom. The Kier molecular flexibility index (Phi) is 5.26. The van der Waals surface area contributed by atoms with Crippen molar-refractivity contribution in [3.05, 3.63) is 59.7 Å². The second kappa shape index (κ2) is 7.45. The zero-order chi connectivity index (χ0) is 18.7. The summed E-state index contributed by atoms with van der Waals surface area (Å²) in [5.74, 6) is 1.84. The van der Waals surface area contributed by atoms with Crippen molar-refractivity contribution in [2.24, 2.45) is 5.92 Å². The van der Waals surface area contributed by atoms with Crippen molar-refractivity contribution < 1.29 is 4.42 Å². The van der Waals surface area contributed by atoms with Crippen molar-refractivity contribution in [3.8, 4) is 22.9 Å². The van der Waals surface area contributed by atoms with Gasteiger partial charge in [-0.25, -0.2) is 0 Å². The summed E-state index contributed by atoms with van der Waals surface area (Å²) >= 11 is 0. The van der Waals surface area contributed by atoms with Crippen LogP contribution in [-0.4, -0.2) is 10.2 Å². The quantitative estimate of drug-likeness (QED) is 0.544. The zero-order valence-electron chi connectivity index (χ0n) is 16.4. The maximum atomic E-state index is 5.90. The fourth-order valence-corrected chi connectivity index (χ4v) is 2.84. The van der Waals surface area contributed by atoms with Crippen molar-refractivity contribution in [2.45, 2.75) is 52.9 Å². The summed E-state index contributed by atoms with van der Waals surface area (Å²) in [5.41, 5.74) is 4.68. The lowest BCUT2D eigenvalue weighted by Gasteiger charge is -2.18. The topological polar surface area (TPSA) is 38.9 Å². The molecule has 0 bridgehead atoms. The first-order valence-corrected chi connectivity index (χ1v) is 9.36. The Morgan fingerprint density at radius 1 is 0.808 bits per heavy atom. The minimum atomic E-state index is 0.135. The van der Waals surface area contributed by atoms with Crippen LogP contribution in [0.1, 0.15) is 52.2 Å². The fourth-order valence-electron chi connectivity index (χ4n) is 2.84. The molecular weight excluding hydrogens is 320 g/mol. The molecule has 1 heterocycles. The minimum absolute atomic E-state index is 0.135. The van der Waals surface area contributed by atoms with Gasteiger partial charge in [0.25, 0.3) is 0 Å². The third kappa shape index (κ3) is 4.40. The highest BCUT2D eigenvalue weighted by Crippen LogP contribution is 2.27. The van der Waals surface area contributed by atoms with Crippen LogP contribution in [-0.2, 0) is 11.8 Å². The number of hydrogen-bond donors (Lipinski definition) is 0. The number of nitrogens with zero attached hydrogens (tertiary/aromatic N) is 2. The van der Waals surface area contributed by atoms with Crippen molar-refractivity contribution in [2.75, 3.05) is 0 Å². The summed E-state index contributed by atoms with van der Waals surface area (Å²) < 4.78 is 5.90. The molecule has 26 heavy (non-hydrogen) atoms. The Balaban J connectivity index is 1.75. The molecule has 2 aromatic carbocycles. The lowest BCUT2D eigenvalue weighted by Crippen LogP contribution is -2.10. The maximum absolute atomic E-state index is 5.90. The zero-order valence-corrected chi connectivity index (χ0v) is 16.4. The maximum Gasteiger partial charge on any atom is 0.248 e. The summed E-state index contributed by atoms with van der Waals surface area (Å²) in [7, 11) is 0. The molecule has 0 saturated carbocycles. The van der Waals surface area contributed by atoms with E-state index in [-0.39, 0.29) is 5.41 Å². The molecule has 0 unspecified atom stereocenters. The highest BCUT2D eigenvalue weighted by molar-refractivity contribution is 5.58. The van der Waals surface area contributed by atoms with E-state index >= 15 is 0 Å². The van der Waals surface area contributed by atoms with E-state index < -0.39 is 0 Å². The average Bonchev–Trinajstić information content (AvgIpc) is 3.10. The monoisotopic (exact) mass is 348 g/mol. The molecule has 0 aliphatic heterocycles. The van der Waals surface area contributed by atoms with Crippen LogP contribution in [0.2, 0.25) is 0 Å². The molecule has 0 spiro atoms. The standard InChI is InChI=1S/C23H28N2O/c1-16(2)6-7-17-8-10-18(11-9-17)21-24-25-22(26-21)19-12-14-20(15-13-19)23(3,4)5/h8-16H,6-7H2,1-5H3. The van der Waals surface area contributed by atoms with Gasteiger partial charge in [-0.3, -0.25) is 0 Å². The number of hydrogen-bond acceptors (Lipinski definition) is 3. The lowest BCUT2D eigenvalue weighted by molar-refractivity contribution is 0.581. The van der Waals surface area contributed by atoms with Crippen molar-refractivity contribution in [3.63, 3.8) is 0 Å². The summed E-state index contributed by atoms with van der Waals surface area (Å²) in [6, 6.07) is 16.8. The van der Waals surface area contributed by atoms with Gasteiger partial charge in [0.15, 0.2) is 0 Å². The van der Waals surface area contributed by atoms with Gasteiger partial charge in [-0.15, -0.1) is 10.2 Å². The largest absolute Gasteiger partial charge is 0.416 e. The van der Waals surface area contributed by atoms with E-state index in [0.717, 1.165) is 23.5 Å². The van der Waals surface area contributed by atoms with Gasteiger partial charge in [0.1, 0.15) is 0 Å². The molecule has 0 radical (unpaired) electrons. The van der Waals surface area contributed by atoms with E-state index in [1.54, 1.807) is 0 Å². The minimum Gasteiger partial charge on any atom is -0.416 e. The van der Waals surface area contributed by atoms with Crippen molar-refractivity contribution in [1.29, 1.82) is 0 Å². The molecule has 0 saturated heterocycles. The van der Waals surface area contributed by atoms with E-state index in [0.29, 0.717) is 11.8 Å². The third-order valence-electron chi connectivity index (χ3n) is 4.63. The first-order chi connectivity index (χ1) is 12.3. The first kappa shape index (κ1) is 18.4. The van der Waals surface area contributed by atoms with E-state index in [2.05, 4.69) is 81.2 Å². The Morgan fingerprint density at radius 3 is 1.77 bits per heavy atom. The van der Waals surface area contributed by atoms with Gasteiger partial charge in [0, 0.05) is 11.1 Å². The molecular formula is C23H28N2O. The fraction of sp³-hybridized carbons (Fsp3) is 0.391. The highest BCUT2D eigenvalue weighted by Gasteiger charge is 2.15. The normalized spacial score (nSPS) is 11.9. The molecule has 3 rings (SSSR count). The van der Waals surface area contributed by atoms with Gasteiger partial charge in [0.05, 0.1) is 0 Å². The van der Waals surface area contributed by atoms with Gasteiger partial charge < -0.3 is 4.42 Å². The third-order valence-corrected chi connectivity index (χ3v) is 4.63. The molecule has 0 aliphatic carbocycles. The number of rotatable bonds is 5. The van der Waals surface area contributed by atoms with Crippen LogP contribution in [0.25, 0.3) is 22.9 Å². The second-order valence-electron chi connectivity index (χ2n) is 8.37. The molecule has 0 aliphatic rings. The lowest BCUT2D eigenvalue weighted by atomic mass is 9.87.